The van der Waals surface area contributed by atoms with Crippen LogP contribution in [0.5, 0.6) is 0 Å². The lowest BCUT2D eigenvalue weighted by Gasteiger charge is -2.30. The van der Waals surface area contributed by atoms with Crippen molar-refractivity contribution in [1.29, 1.82) is 0 Å². The van der Waals surface area contributed by atoms with Crippen molar-refractivity contribution in [3.63, 3.8) is 0 Å². The van der Waals surface area contributed by atoms with E-state index in [0.29, 0.717) is 0 Å². The summed E-state index contributed by atoms with van der Waals surface area (Å²) in [5.74, 6) is -0.961. The Morgan fingerprint density at radius 3 is 2.79 bits per heavy atom. The van der Waals surface area contributed by atoms with Crippen LogP contribution in [0.25, 0.3) is 5.76 Å². The number of hydrogen-bond acceptors (Lipinski definition) is 7. The number of hydrazone groups is 1. The zero-order valence-corrected chi connectivity index (χ0v) is 14.5. The number of esters is 1. The summed E-state index contributed by atoms with van der Waals surface area (Å²) in [5, 5.41) is 16.7. The number of nitrogens with zero attached hydrogens (tertiary/aromatic N) is 4. The Morgan fingerprint density at radius 1 is 1.46 bits per heavy atom. The van der Waals surface area contributed by atoms with Gasteiger partial charge in [0.2, 0.25) is 0 Å². The van der Waals surface area contributed by atoms with Crippen molar-refractivity contribution >= 4 is 29.5 Å². The molecule has 130 valence electrons. The van der Waals surface area contributed by atoms with Gasteiger partial charge in [-0.2, -0.15) is 5.10 Å². The van der Waals surface area contributed by atoms with Crippen LogP contribution in [0.15, 0.2) is 29.0 Å². The van der Waals surface area contributed by atoms with Gasteiger partial charge in [-0.1, -0.05) is 11.6 Å². The highest BCUT2D eigenvalue weighted by molar-refractivity contribution is 6.31. The van der Waals surface area contributed by atoms with Crippen LogP contribution in [0, 0.1) is 0 Å². The molecule has 1 N–H and O–H groups in total. The summed E-state index contributed by atoms with van der Waals surface area (Å²) in [6, 6.07) is 3.20. The van der Waals surface area contributed by atoms with E-state index in [1.54, 1.807) is 19.1 Å². The molecule has 0 spiro atoms. The van der Waals surface area contributed by atoms with Crippen molar-refractivity contribution in [3.05, 3.63) is 34.6 Å². The summed E-state index contributed by atoms with van der Waals surface area (Å²) >= 11 is 5.99. The molecule has 0 radical (unpaired) electrons. The van der Waals surface area contributed by atoms with Crippen LogP contribution in [-0.4, -0.2) is 72.0 Å². The first-order chi connectivity index (χ1) is 11.5. The summed E-state index contributed by atoms with van der Waals surface area (Å²) in [6.07, 6.45) is 2.82. The topological polar surface area (TPSA) is 78.3 Å². The Balaban J connectivity index is 2.29. The molecule has 1 aliphatic heterocycles. The van der Waals surface area contributed by atoms with Gasteiger partial charge in [0, 0.05) is 32.4 Å². The van der Waals surface area contributed by atoms with Crippen molar-refractivity contribution in [2.75, 3.05) is 39.8 Å². The number of carbonyl (C=O) groups is 1. The van der Waals surface area contributed by atoms with E-state index in [9.17, 15) is 9.90 Å². The van der Waals surface area contributed by atoms with E-state index in [4.69, 9.17) is 16.3 Å². The number of hydrogen-bond donors (Lipinski definition) is 1. The van der Waals surface area contributed by atoms with Crippen LogP contribution in [0.4, 0.5) is 0 Å². The summed E-state index contributed by atoms with van der Waals surface area (Å²) < 4.78 is 5.01. The fourth-order valence-electron chi connectivity index (χ4n) is 2.18. The number of pyridine rings is 1. The molecule has 24 heavy (non-hydrogen) atoms. The molecular formula is C16H21ClN4O3. The van der Waals surface area contributed by atoms with E-state index in [0.717, 1.165) is 26.2 Å². The van der Waals surface area contributed by atoms with E-state index < -0.39 is 5.97 Å². The molecule has 1 fully saturated rings. The van der Waals surface area contributed by atoms with Gasteiger partial charge in [-0.05, 0) is 26.1 Å². The first kappa shape index (κ1) is 18.2. The highest BCUT2D eigenvalue weighted by Crippen LogP contribution is 2.22. The predicted octanol–water partition coefficient (Wildman–Crippen LogP) is 1.80. The lowest BCUT2D eigenvalue weighted by atomic mass is 10.1. The van der Waals surface area contributed by atoms with Crippen molar-refractivity contribution in [2.45, 2.75) is 6.92 Å². The third-order valence-corrected chi connectivity index (χ3v) is 3.90. The molecule has 0 aliphatic carbocycles. The van der Waals surface area contributed by atoms with E-state index >= 15 is 0 Å². The Labute approximate surface area is 146 Å². The summed E-state index contributed by atoms with van der Waals surface area (Å²) in [6.45, 7) is 5.15. The Kier molecular flexibility index (Phi) is 6.57. The summed E-state index contributed by atoms with van der Waals surface area (Å²) in [7, 11) is 2.04. The zero-order valence-electron chi connectivity index (χ0n) is 13.8. The van der Waals surface area contributed by atoms with E-state index in [-0.39, 0.29) is 28.7 Å². The molecule has 2 heterocycles. The molecule has 0 unspecified atom stereocenters. The molecular weight excluding hydrogens is 332 g/mol. The molecule has 0 bridgehead atoms. The molecule has 1 aromatic heterocycles. The van der Waals surface area contributed by atoms with Gasteiger partial charge in [-0.25, -0.2) is 9.78 Å². The first-order valence-electron chi connectivity index (χ1n) is 7.71. The lowest BCUT2D eigenvalue weighted by Crippen LogP contribution is -2.41. The van der Waals surface area contributed by atoms with Gasteiger partial charge in [0.1, 0.15) is 16.5 Å². The third kappa shape index (κ3) is 4.69. The van der Waals surface area contributed by atoms with Crippen LogP contribution < -0.4 is 0 Å². The quantitative estimate of drug-likeness (QED) is 0.286. The molecule has 0 saturated carbocycles. The minimum absolute atomic E-state index is 0.0503. The minimum atomic E-state index is -0.659. The number of carbonyl (C=O) groups excluding carboxylic acids is 1. The molecule has 0 amide bonds. The number of halogens is 1. The Hall–Kier alpha value is -2.12. The molecule has 2 rings (SSSR count). The lowest BCUT2D eigenvalue weighted by molar-refractivity contribution is -0.137. The van der Waals surface area contributed by atoms with Crippen molar-refractivity contribution in [1.82, 2.24) is 14.9 Å². The second-order valence-corrected chi connectivity index (χ2v) is 5.68. The first-order valence-corrected chi connectivity index (χ1v) is 8.09. The van der Waals surface area contributed by atoms with E-state index in [2.05, 4.69) is 15.0 Å². The van der Waals surface area contributed by atoms with Gasteiger partial charge in [0.05, 0.1) is 18.4 Å². The number of aliphatic hydroxyl groups is 1. The predicted molar refractivity (Wildman–Crippen MR) is 93.0 cm³/mol. The number of ether oxygens (including phenoxy) is 1. The van der Waals surface area contributed by atoms with Gasteiger partial charge >= 0.3 is 5.97 Å². The molecule has 7 nitrogen and oxygen atoms in total. The average Bonchev–Trinajstić information content (AvgIpc) is 2.57. The second-order valence-electron chi connectivity index (χ2n) is 5.33. The monoisotopic (exact) mass is 352 g/mol. The van der Waals surface area contributed by atoms with Crippen LogP contribution in [0.2, 0.25) is 5.15 Å². The minimum Gasteiger partial charge on any atom is -0.506 e. The standard InChI is InChI=1S/C16H21ClN4O3/c1-3-24-16(23)13(11-19-21-9-7-20(2)8-10-21)14(22)12-5-4-6-18-15(12)17/h4-6,11,22H,3,7-10H2,1-2H3/b14-13+,19-11+. The van der Waals surface area contributed by atoms with Gasteiger partial charge in [0.15, 0.2) is 0 Å². The number of rotatable bonds is 5. The Morgan fingerprint density at radius 2 is 2.17 bits per heavy atom. The normalized spacial score (nSPS) is 17.0. The number of aliphatic hydroxyl groups excluding tert-OH is 1. The van der Waals surface area contributed by atoms with Gasteiger partial charge < -0.3 is 14.7 Å². The largest absolute Gasteiger partial charge is 0.506 e. The van der Waals surface area contributed by atoms with Crippen molar-refractivity contribution in [3.8, 4) is 0 Å². The average molecular weight is 353 g/mol. The van der Waals surface area contributed by atoms with Gasteiger partial charge in [-0.3, -0.25) is 5.01 Å². The number of piperazine rings is 1. The summed E-state index contributed by atoms with van der Waals surface area (Å²) in [4.78, 5) is 18.3. The molecule has 1 aromatic rings. The fraction of sp³-hybridized carbons (Fsp3) is 0.438. The SMILES string of the molecule is CCOC(=O)C(/C=N/N1CCN(C)CC1)=C(/O)c1cccnc1Cl. The smallest absolute Gasteiger partial charge is 0.343 e. The third-order valence-electron chi connectivity index (χ3n) is 3.59. The van der Waals surface area contributed by atoms with Crippen LogP contribution in [-0.2, 0) is 9.53 Å². The highest BCUT2D eigenvalue weighted by Gasteiger charge is 2.19. The van der Waals surface area contributed by atoms with Crippen molar-refractivity contribution < 1.29 is 14.6 Å². The zero-order chi connectivity index (χ0) is 17.5. The maximum Gasteiger partial charge on any atom is 0.343 e. The van der Waals surface area contributed by atoms with E-state index in [1.165, 1.54) is 12.4 Å². The maximum atomic E-state index is 12.2. The van der Waals surface area contributed by atoms with Crippen LogP contribution in [0.1, 0.15) is 12.5 Å². The van der Waals surface area contributed by atoms with Crippen LogP contribution in [0.3, 0.4) is 0 Å². The second kappa shape index (κ2) is 8.65. The highest BCUT2D eigenvalue weighted by atomic mass is 35.5. The van der Waals surface area contributed by atoms with Gasteiger partial charge in [0.25, 0.3) is 0 Å². The van der Waals surface area contributed by atoms with E-state index in [1.807, 2.05) is 12.1 Å². The molecule has 8 heteroatoms. The van der Waals surface area contributed by atoms with Crippen molar-refractivity contribution in [2.24, 2.45) is 5.10 Å². The fourth-order valence-corrected chi connectivity index (χ4v) is 2.39. The molecule has 1 saturated heterocycles. The molecule has 1 aliphatic rings. The molecule has 0 aromatic carbocycles. The van der Waals surface area contributed by atoms with Crippen LogP contribution >= 0.6 is 11.6 Å². The summed E-state index contributed by atoms with van der Waals surface area (Å²) in [5.41, 5.74) is 0.206. The Bertz CT molecular complexity index is 640. The number of aromatic nitrogens is 1. The molecule has 0 atom stereocenters. The number of likely N-dealkylation sites (N-methyl/N-ethyl adjacent to an activating group) is 1. The van der Waals surface area contributed by atoms with Gasteiger partial charge in [-0.15, -0.1) is 0 Å². The maximum absolute atomic E-state index is 12.2.